The van der Waals surface area contributed by atoms with Crippen LogP contribution in [0.25, 0.3) is 10.6 Å². The van der Waals surface area contributed by atoms with Crippen molar-refractivity contribution in [3.8, 4) is 22.1 Å². The van der Waals surface area contributed by atoms with Crippen molar-refractivity contribution < 1.29 is 18.3 Å². The molecule has 2 aromatic carbocycles. The molecule has 2 heterocycles. The predicted molar refractivity (Wildman–Crippen MR) is 114 cm³/mol. The molecule has 0 bridgehead atoms. The molecule has 0 aliphatic carbocycles. The number of hydrogen-bond donors (Lipinski definition) is 0. The van der Waals surface area contributed by atoms with Crippen molar-refractivity contribution in [2.45, 2.75) is 17.4 Å². The second kappa shape index (κ2) is 9.27. The van der Waals surface area contributed by atoms with Crippen LogP contribution in [0.1, 0.15) is 17.1 Å². The zero-order valence-electron chi connectivity index (χ0n) is 16.3. The van der Waals surface area contributed by atoms with E-state index in [9.17, 15) is 4.39 Å². The number of thiazole rings is 1. The fraction of sp³-hybridized carbons (Fsp3) is 0.190. The maximum absolute atomic E-state index is 13.3. The lowest BCUT2D eigenvalue weighted by atomic mass is 10.1. The molecule has 0 radical (unpaired) electrons. The molecule has 4 rings (SSSR count). The van der Waals surface area contributed by atoms with Gasteiger partial charge in [-0.25, -0.2) is 9.37 Å². The second-order valence-corrected chi connectivity index (χ2v) is 8.03. The van der Waals surface area contributed by atoms with Crippen molar-refractivity contribution in [3.05, 3.63) is 70.8 Å². The van der Waals surface area contributed by atoms with Gasteiger partial charge in [0.25, 0.3) is 5.22 Å². The SMILES string of the molecule is COc1cccc(-c2nc(CSc3nnc(Cc4cccc(F)c4)o3)cs2)c1OC. The third kappa shape index (κ3) is 4.63. The Hall–Kier alpha value is -2.91. The van der Waals surface area contributed by atoms with Crippen molar-refractivity contribution in [1.82, 2.24) is 15.2 Å². The van der Waals surface area contributed by atoms with Crippen molar-refractivity contribution >= 4 is 23.1 Å². The summed E-state index contributed by atoms with van der Waals surface area (Å²) in [6, 6.07) is 12.1. The van der Waals surface area contributed by atoms with E-state index in [1.165, 1.54) is 35.2 Å². The summed E-state index contributed by atoms with van der Waals surface area (Å²) in [7, 11) is 3.22. The highest BCUT2D eigenvalue weighted by molar-refractivity contribution is 7.98. The summed E-state index contributed by atoms with van der Waals surface area (Å²) in [6.07, 6.45) is 0.391. The summed E-state index contributed by atoms with van der Waals surface area (Å²) in [5.74, 6) is 2.08. The van der Waals surface area contributed by atoms with Crippen LogP contribution < -0.4 is 9.47 Å². The Labute approximate surface area is 181 Å². The van der Waals surface area contributed by atoms with Crippen molar-refractivity contribution in [3.63, 3.8) is 0 Å². The number of hydrogen-bond acceptors (Lipinski definition) is 8. The summed E-state index contributed by atoms with van der Waals surface area (Å²) in [5, 5.41) is 11.4. The van der Waals surface area contributed by atoms with Crippen LogP contribution in [-0.4, -0.2) is 29.4 Å². The average molecular weight is 444 g/mol. The lowest BCUT2D eigenvalue weighted by Crippen LogP contribution is -1.93. The minimum absolute atomic E-state index is 0.284. The molecule has 0 fully saturated rings. The van der Waals surface area contributed by atoms with Crippen LogP contribution >= 0.6 is 23.1 Å². The lowest BCUT2D eigenvalue weighted by Gasteiger charge is -2.10. The van der Waals surface area contributed by atoms with Crippen molar-refractivity contribution in [2.75, 3.05) is 14.2 Å². The standard InChI is InChI=1S/C21H18FN3O3S2/c1-26-17-8-4-7-16(19(17)27-2)20-23-15(11-29-20)12-30-21-25-24-18(28-21)10-13-5-3-6-14(22)9-13/h3-9,11H,10,12H2,1-2H3. The van der Waals surface area contributed by atoms with Gasteiger partial charge < -0.3 is 13.9 Å². The first kappa shape index (κ1) is 20.4. The maximum atomic E-state index is 13.3. The quantitative estimate of drug-likeness (QED) is 0.345. The molecule has 4 aromatic rings. The first-order chi connectivity index (χ1) is 14.7. The summed E-state index contributed by atoms with van der Waals surface area (Å²) < 4.78 is 29.8. The van der Waals surface area contributed by atoms with Crippen LogP contribution in [-0.2, 0) is 12.2 Å². The van der Waals surface area contributed by atoms with E-state index in [0.29, 0.717) is 34.8 Å². The molecule has 0 spiro atoms. The molecule has 9 heteroatoms. The fourth-order valence-electron chi connectivity index (χ4n) is 2.88. The first-order valence-corrected chi connectivity index (χ1v) is 10.9. The first-order valence-electron chi connectivity index (χ1n) is 9.01. The van der Waals surface area contributed by atoms with Gasteiger partial charge in [-0.1, -0.05) is 30.0 Å². The molecule has 2 aromatic heterocycles. The molecule has 0 saturated heterocycles. The number of rotatable bonds is 8. The average Bonchev–Trinajstić information content (AvgIpc) is 3.41. The normalized spacial score (nSPS) is 10.9. The topological polar surface area (TPSA) is 70.3 Å². The van der Waals surface area contributed by atoms with E-state index >= 15 is 0 Å². The molecule has 0 N–H and O–H groups in total. The summed E-state index contributed by atoms with van der Waals surface area (Å²) in [5.41, 5.74) is 2.56. The molecule has 0 aliphatic heterocycles. The number of thioether (sulfide) groups is 1. The van der Waals surface area contributed by atoms with E-state index in [2.05, 4.69) is 10.2 Å². The Kier molecular flexibility index (Phi) is 6.29. The van der Waals surface area contributed by atoms with E-state index in [1.807, 2.05) is 29.6 Å². The molecule has 154 valence electrons. The van der Waals surface area contributed by atoms with Gasteiger partial charge >= 0.3 is 0 Å². The molecular formula is C21H18FN3O3S2. The zero-order valence-corrected chi connectivity index (χ0v) is 17.9. The number of para-hydroxylation sites is 1. The van der Waals surface area contributed by atoms with E-state index in [1.54, 1.807) is 20.3 Å². The van der Waals surface area contributed by atoms with Gasteiger partial charge in [0, 0.05) is 11.1 Å². The Morgan fingerprint density at radius 2 is 1.97 bits per heavy atom. The monoisotopic (exact) mass is 443 g/mol. The highest BCUT2D eigenvalue weighted by atomic mass is 32.2. The Bertz CT molecular complexity index is 1150. The van der Waals surface area contributed by atoms with Gasteiger partial charge in [0.1, 0.15) is 10.8 Å². The van der Waals surface area contributed by atoms with Gasteiger partial charge in [-0.05, 0) is 29.8 Å². The van der Waals surface area contributed by atoms with Crippen LogP contribution in [0.4, 0.5) is 4.39 Å². The Morgan fingerprint density at radius 3 is 2.77 bits per heavy atom. The predicted octanol–water partition coefficient (Wildman–Crippen LogP) is 5.23. The molecule has 30 heavy (non-hydrogen) atoms. The van der Waals surface area contributed by atoms with E-state index in [0.717, 1.165) is 21.8 Å². The van der Waals surface area contributed by atoms with Gasteiger partial charge in [0.2, 0.25) is 5.89 Å². The van der Waals surface area contributed by atoms with E-state index < -0.39 is 0 Å². The molecule has 0 unspecified atom stereocenters. The van der Waals surface area contributed by atoms with Gasteiger partial charge in [-0.15, -0.1) is 21.5 Å². The van der Waals surface area contributed by atoms with Gasteiger partial charge in [0.15, 0.2) is 11.5 Å². The van der Waals surface area contributed by atoms with E-state index in [4.69, 9.17) is 18.9 Å². The molecule has 6 nitrogen and oxygen atoms in total. The Morgan fingerprint density at radius 1 is 1.10 bits per heavy atom. The minimum atomic E-state index is -0.284. The highest BCUT2D eigenvalue weighted by Gasteiger charge is 2.15. The largest absolute Gasteiger partial charge is 0.493 e. The number of ether oxygens (including phenoxy) is 2. The molecular weight excluding hydrogens is 425 g/mol. The van der Waals surface area contributed by atoms with E-state index in [-0.39, 0.29) is 5.82 Å². The minimum Gasteiger partial charge on any atom is -0.493 e. The Balaban J connectivity index is 1.41. The van der Waals surface area contributed by atoms with Crippen molar-refractivity contribution in [2.24, 2.45) is 0 Å². The molecule has 0 saturated carbocycles. The fourth-order valence-corrected chi connectivity index (χ4v) is 4.50. The van der Waals surface area contributed by atoms with Crippen molar-refractivity contribution in [1.29, 1.82) is 0 Å². The molecule has 0 amide bonds. The van der Waals surface area contributed by atoms with Crippen LogP contribution in [0.15, 0.2) is 57.5 Å². The lowest BCUT2D eigenvalue weighted by molar-refractivity contribution is 0.356. The van der Waals surface area contributed by atoms with Crippen LogP contribution in [0, 0.1) is 5.82 Å². The van der Waals surface area contributed by atoms with Crippen LogP contribution in [0.3, 0.4) is 0 Å². The van der Waals surface area contributed by atoms with Crippen LogP contribution in [0.5, 0.6) is 11.5 Å². The summed E-state index contributed by atoms with van der Waals surface area (Å²) in [6.45, 7) is 0. The van der Waals surface area contributed by atoms with Gasteiger partial charge in [-0.2, -0.15) is 0 Å². The third-order valence-corrected chi connectivity index (χ3v) is 6.00. The smallest absolute Gasteiger partial charge is 0.276 e. The number of halogens is 1. The van der Waals surface area contributed by atoms with Crippen LogP contribution in [0.2, 0.25) is 0 Å². The maximum Gasteiger partial charge on any atom is 0.276 e. The number of aromatic nitrogens is 3. The molecule has 0 aliphatic rings. The number of nitrogens with zero attached hydrogens (tertiary/aromatic N) is 3. The summed E-state index contributed by atoms with van der Waals surface area (Å²) in [4.78, 5) is 4.69. The summed E-state index contributed by atoms with van der Waals surface area (Å²) >= 11 is 2.94. The zero-order chi connectivity index (χ0) is 20.9. The second-order valence-electron chi connectivity index (χ2n) is 6.24. The molecule has 0 atom stereocenters. The number of methoxy groups -OCH3 is 2. The number of benzene rings is 2. The van der Waals surface area contributed by atoms with Gasteiger partial charge in [0.05, 0.1) is 31.9 Å². The third-order valence-electron chi connectivity index (χ3n) is 4.22. The van der Waals surface area contributed by atoms with Gasteiger partial charge in [-0.3, -0.25) is 0 Å². The highest BCUT2D eigenvalue weighted by Crippen LogP contribution is 2.39.